The van der Waals surface area contributed by atoms with Crippen LogP contribution in [0.5, 0.6) is 11.5 Å². The third-order valence-electron chi connectivity index (χ3n) is 9.48. The summed E-state index contributed by atoms with van der Waals surface area (Å²) in [7, 11) is 0. The van der Waals surface area contributed by atoms with Crippen molar-refractivity contribution in [3.05, 3.63) is 70.0 Å². The number of hydrogen-bond acceptors (Lipinski definition) is 14. The van der Waals surface area contributed by atoms with E-state index in [9.17, 15) is 48.6 Å². The second-order valence-electron chi connectivity index (χ2n) is 14.0. The lowest BCUT2D eigenvalue weighted by molar-refractivity contribution is -0.172. The predicted molar refractivity (Wildman–Crippen MR) is 195 cm³/mol. The molecule has 15 nitrogen and oxygen atoms in total. The number of Topliss-reactive ketones (excluding diaryl/α,β-unsaturated/α-hetero) is 2. The van der Waals surface area contributed by atoms with E-state index in [1.54, 1.807) is 39.8 Å². The molecule has 0 spiro atoms. The highest BCUT2D eigenvalue weighted by molar-refractivity contribution is 6.30. The number of benzene rings is 1. The average Bonchev–Trinajstić information content (AvgIpc) is 3.34. The number of rotatable bonds is 15. The molecule has 296 valence electrons. The number of fused-ring (bicyclic) bond motifs is 3. The molecule has 8 atom stereocenters. The summed E-state index contributed by atoms with van der Waals surface area (Å²) in [4.78, 5) is 100. The molecule has 3 rings (SSSR count). The molecule has 3 N–H and O–H groups in total. The van der Waals surface area contributed by atoms with Crippen LogP contribution in [0.4, 0.5) is 0 Å². The van der Waals surface area contributed by atoms with Crippen LogP contribution < -0.4 is 10.1 Å². The minimum atomic E-state index is -2.31. The lowest BCUT2D eigenvalue weighted by Gasteiger charge is -2.39. The summed E-state index contributed by atoms with van der Waals surface area (Å²) in [6, 6.07) is 0. The summed E-state index contributed by atoms with van der Waals surface area (Å²) >= 11 is 0. The van der Waals surface area contributed by atoms with E-state index < -0.39 is 112 Å². The van der Waals surface area contributed by atoms with E-state index in [1.165, 1.54) is 52.8 Å². The molecule has 2 aliphatic rings. The first-order chi connectivity index (χ1) is 25.5. The summed E-state index contributed by atoms with van der Waals surface area (Å²) in [5, 5.41) is 23.6. The van der Waals surface area contributed by atoms with Gasteiger partial charge in [-0.2, -0.15) is 0 Å². The monoisotopic (exact) mass is 765 g/mol. The minimum absolute atomic E-state index is 0.0514. The fourth-order valence-corrected chi connectivity index (χ4v) is 6.77. The normalized spacial score (nSPS) is 20.6. The molecule has 1 aromatic carbocycles. The molecule has 1 aromatic rings. The van der Waals surface area contributed by atoms with Crippen LogP contribution >= 0.6 is 0 Å². The smallest absolute Gasteiger partial charge is 0.302 e. The number of ether oxygens (including phenoxy) is 4. The van der Waals surface area contributed by atoms with E-state index in [2.05, 4.69) is 5.32 Å². The summed E-state index contributed by atoms with van der Waals surface area (Å²) in [5.74, 6) is -10.9. The fourth-order valence-electron chi connectivity index (χ4n) is 6.77. The Hall–Kier alpha value is -5.70. The topological polar surface area (TPSA) is 226 Å². The first-order valence-corrected chi connectivity index (χ1v) is 17.5. The Morgan fingerprint density at radius 1 is 0.800 bits per heavy atom. The highest BCUT2D eigenvalue weighted by atomic mass is 16.6. The van der Waals surface area contributed by atoms with Gasteiger partial charge in [-0.25, -0.2) is 0 Å². The first-order valence-electron chi connectivity index (χ1n) is 17.5. The lowest BCUT2D eigenvalue weighted by atomic mass is 9.79. The van der Waals surface area contributed by atoms with Gasteiger partial charge in [-0.15, -0.1) is 0 Å². The van der Waals surface area contributed by atoms with Gasteiger partial charge < -0.3 is 34.5 Å². The Balaban J connectivity index is 1.87. The molecule has 15 heteroatoms. The van der Waals surface area contributed by atoms with Crippen molar-refractivity contribution < 1.29 is 67.5 Å². The van der Waals surface area contributed by atoms with Crippen molar-refractivity contribution in [1.29, 1.82) is 0 Å². The van der Waals surface area contributed by atoms with Gasteiger partial charge >= 0.3 is 17.9 Å². The van der Waals surface area contributed by atoms with Crippen LogP contribution in [0.3, 0.4) is 0 Å². The van der Waals surface area contributed by atoms with Crippen molar-refractivity contribution in [2.45, 2.75) is 93.3 Å². The quantitative estimate of drug-likeness (QED) is 0.0756. The van der Waals surface area contributed by atoms with Crippen molar-refractivity contribution in [2.75, 3.05) is 0 Å². The van der Waals surface area contributed by atoms with Crippen molar-refractivity contribution in [3.63, 3.8) is 0 Å². The zero-order chi connectivity index (χ0) is 41.7. The fraction of sp³-hybridized carbons (Fsp3) is 0.450. The zero-order valence-corrected chi connectivity index (χ0v) is 32.4. The van der Waals surface area contributed by atoms with Gasteiger partial charge in [0, 0.05) is 68.6 Å². The molecule has 55 heavy (non-hydrogen) atoms. The highest BCUT2D eigenvalue weighted by Gasteiger charge is 2.49. The maximum Gasteiger partial charge on any atom is 0.302 e. The molecular weight excluding hydrogens is 718 g/mol. The molecule has 0 aromatic heterocycles. The van der Waals surface area contributed by atoms with Gasteiger partial charge in [-0.3, -0.25) is 38.4 Å². The van der Waals surface area contributed by atoms with Crippen LogP contribution in [-0.2, 0) is 38.2 Å². The van der Waals surface area contributed by atoms with E-state index in [1.807, 2.05) is 0 Å². The van der Waals surface area contributed by atoms with Crippen LogP contribution in [0.1, 0.15) is 99.0 Å². The van der Waals surface area contributed by atoms with E-state index in [0.29, 0.717) is 6.29 Å². The van der Waals surface area contributed by atoms with Gasteiger partial charge in [-0.1, -0.05) is 52.0 Å². The lowest BCUT2D eigenvalue weighted by Crippen LogP contribution is -2.47. The molecule has 0 bridgehead atoms. The van der Waals surface area contributed by atoms with E-state index in [4.69, 9.17) is 18.9 Å². The first kappa shape index (κ1) is 43.7. The van der Waals surface area contributed by atoms with Crippen molar-refractivity contribution in [1.82, 2.24) is 5.32 Å². The largest absolute Gasteiger partial charge is 0.507 e. The Kier molecular flexibility index (Phi) is 14.0. The second-order valence-corrected chi connectivity index (χ2v) is 14.0. The number of hydrogen-bond donors (Lipinski definition) is 3. The van der Waals surface area contributed by atoms with Gasteiger partial charge in [0.2, 0.25) is 11.6 Å². The Labute approximate surface area is 318 Å². The van der Waals surface area contributed by atoms with Gasteiger partial charge in [0.1, 0.15) is 36.1 Å². The molecule has 0 saturated carbocycles. The molecule has 1 aliphatic carbocycles. The van der Waals surface area contributed by atoms with Crippen molar-refractivity contribution >= 4 is 47.5 Å². The number of phenols is 1. The van der Waals surface area contributed by atoms with Gasteiger partial charge in [0.25, 0.3) is 11.7 Å². The van der Waals surface area contributed by atoms with E-state index in [0.717, 1.165) is 13.0 Å². The number of aromatic hydroxyl groups is 1. The molecule has 0 saturated heterocycles. The number of aliphatic hydroxyl groups is 1. The number of carbonyl (C=O) groups excluding carboxylic acids is 8. The van der Waals surface area contributed by atoms with Crippen LogP contribution in [-0.4, -0.2) is 81.8 Å². The number of aldehydes is 1. The van der Waals surface area contributed by atoms with Gasteiger partial charge in [-0.05, 0) is 19.9 Å². The maximum absolute atomic E-state index is 13.5. The predicted octanol–water partition coefficient (Wildman–Crippen LogP) is 3.96. The Bertz CT molecular complexity index is 1920. The average molecular weight is 766 g/mol. The Morgan fingerprint density at radius 3 is 1.78 bits per heavy atom. The molecule has 1 aliphatic heterocycles. The van der Waals surface area contributed by atoms with Gasteiger partial charge in [0.05, 0.1) is 22.4 Å². The molecule has 1 amide bonds. The number of nitrogens with one attached hydrogen (secondary N) is 1. The van der Waals surface area contributed by atoms with Crippen molar-refractivity contribution in [3.8, 4) is 11.5 Å². The summed E-state index contributed by atoms with van der Waals surface area (Å²) < 4.78 is 22.3. The van der Waals surface area contributed by atoms with E-state index in [-0.39, 0.29) is 22.4 Å². The number of ketones is 3. The number of amides is 1. The van der Waals surface area contributed by atoms with Crippen molar-refractivity contribution in [2.24, 2.45) is 23.7 Å². The van der Waals surface area contributed by atoms with Crippen LogP contribution in [0.25, 0.3) is 0 Å². The molecule has 0 fully saturated rings. The standard InChI is InChI=1S/C40H47NO14/c1-18(34(52-24(7)43)22(5)36(54-26(9)45)23(6)35(53-25(8)44)19(2)15-12-16-42)13-11-14-20(3)39(50)41-27-17-28(46)29-30(33(27)48)32(47)21(4)37-31(29)38(49)40(10,51)55-37/h11-19,22-23,34-36,47,51H,1-10H3,(H,41,50)/b13-11+,15-12?,20-14-/t18-,19+,22+,23-,34-,35+,36+,40-/m0/s1. The van der Waals surface area contributed by atoms with Gasteiger partial charge in [0.15, 0.2) is 5.78 Å². The summed E-state index contributed by atoms with van der Waals surface area (Å²) in [6.07, 6.45) is 6.12. The number of phenolic OH excluding ortho intramolecular Hbond substituents is 1. The molecule has 0 unspecified atom stereocenters. The number of allylic oxidation sites excluding steroid dienone is 5. The third kappa shape index (κ3) is 9.70. The molecule has 0 radical (unpaired) electrons. The zero-order valence-electron chi connectivity index (χ0n) is 32.4. The van der Waals surface area contributed by atoms with E-state index >= 15 is 0 Å². The number of esters is 3. The van der Waals surface area contributed by atoms with Crippen LogP contribution in [0.15, 0.2) is 47.7 Å². The third-order valence-corrected chi connectivity index (χ3v) is 9.48. The van der Waals surface area contributed by atoms with Crippen LogP contribution in [0, 0.1) is 30.6 Å². The molecular formula is C40H47NO14. The SMILES string of the molecule is CC(=O)O[C@@H]([C@@H](C)[C@H](OC(C)=O)[C@H](C)C=CC=O)[C@H](C)[C@@H](OC(C)=O)[C@@H](C)/C=C/C=C(/C)C(=O)NC1=CC(=O)c2c(c(O)c(C)c3c2C(=O)[C@@](C)(O)O3)C1=O. The summed E-state index contributed by atoms with van der Waals surface area (Å²) in [5.41, 5.74) is -1.73. The second kappa shape index (κ2) is 17.6. The summed E-state index contributed by atoms with van der Waals surface area (Å²) in [6.45, 7) is 14.4. The number of carbonyl (C=O) groups is 8. The Morgan fingerprint density at radius 2 is 1.29 bits per heavy atom. The highest BCUT2D eigenvalue weighted by Crippen LogP contribution is 2.46. The van der Waals surface area contributed by atoms with Crippen LogP contribution in [0.2, 0.25) is 0 Å². The molecule has 1 heterocycles. The minimum Gasteiger partial charge on any atom is -0.507 e. The maximum atomic E-state index is 13.5.